The molecule has 1 aromatic heterocycles. The van der Waals surface area contributed by atoms with E-state index in [-0.39, 0.29) is 11.6 Å². The van der Waals surface area contributed by atoms with Crippen LogP contribution in [-0.4, -0.2) is 12.1 Å². The number of rotatable bonds is 5. The normalized spacial score (nSPS) is 10.5. The second kappa shape index (κ2) is 6.63. The molecule has 0 unspecified atom stereocenters. The highest BCUT2D eigenvalue weighted by Crippen LogP contribution is 2.18. The molecule has 0 saturated carbocycles. The Labute approximate surface area is 119 Å². The van der Waals surface area contributed by atoms with Gasteiger partial charge < -0.3 is 10.1 Å². The quantitative estimate of drug-likeness (QED) is 0.909. The first-order valence-corrected chi connectivity index (χ1v) is 6.60. The summed E-state index contributed by atoms with van der Waals surface area (Å²) in [5, 5.41) is 2.99. The van der Waals surface area contributed by atoms with Crippen molar-refractivity contribution in [3.05, 3.63) is 57.9 Å². The summed E-state index contributed by atoms with van der Waals surface area (Å²) < 4.78 is 19.4. The molecule has 0 aliphatic carbocycles. The van der Waals surface area contributed by atoms with Gasteiger partial charge in [0.05, 0.1) is 6.61 Å². The molecular formula is C14H14BrFN2O. The van der Waals surface area contributed by atoms with Crippen LogP contribution in [-0.2, 0) is 17.9 Å². The van der Waals surface area contributed by atoms with Crippen LogP contribution in [0.3, 0.4) is 0 Å². The molecule has 2 rings (SSSR count). The van der Waals surface area contributed by atoms with Gasteiger partial charge in [-0.3, -0.25) is 0 Å². The smallest absolute Gasteiger partial charge is 0.166 e. The third-order valence-corrected chi connectivity index (χ3v) is 3.11. The SMILES string of the molecule is COCc1ccccc1CNc1ncc(Br)cc1F. The van der Waals surface area contributed by atoms with E-state index in [0.29, 0.717) is 17.6 Å². The predicted molar refractivity (Wildman–Crippen MR) is 76.4 cm³/mol. The molecule has 5 heteroatoms. The molecule has 19 heavy (non-hydrogen) atoms. The molecule has 1 N–H and O–H groups in total. The second-order valence-electron chi connectivity index (χ2n) is 4.04. The largest absolute Gasteiger partial charge is 0.380 e. The van der Waals surface area contributed by atoms with E-state index in [1.54, 1.807) is 13.3 Å². The predicted octanol–water partition coefficient (Wildman–Crippen LogP) is 3.74. The van der Waals surface area contributed by atoms with Crippen LogP contribution in [0.4, 0.5) is 10.2 Å². The van der Waals surface area contributed by atoms with Gasteiger partial charge in [-0.25, -0.2) is 9.37 Å². The van der Waals surface area contributed by atoms with Crippen molar-refractivity contribution in [2.75, 3.05) is 12.4 Å². The number of hydrogen-bond acceptors (Lipinski definition) is 3. The summed E-state index contributed by atoms with van der Waals surface area (Å²) in [4.78, 5) is 4.00. The standard InChI is InChI=1S/C14H14BrFN2O/c1-19-9-11-5-3-2-4-10(11)7-17-14-13(16)6-12(15)8-18-14/h2-6,8H,7,9H2,1H3,(H,17,18). The molecule has 0 atom stereocenters. The van der Waals surface area contributed by atoms with E-state index in [2.05, 4.69) is 26.2 Å². The van der Waals surface area contributed by atoms with Crippen molar-refractivity contribution in [3.63, 3.8) is 0 Å². The first kappa shape index (κ1) is 14.0. The Bertz CT molecular complexity index is 563. The van der Waals surface area contributed by atoms with E-state index < -0.39 is 0 Å². The Kier molecular flexibility index (Phi) is 4.87. The monoisotopic (exact) mass is 324 g/mol. The topological polar surface area (TPSA) is 34.1 Å². The lowest BCUT2D eigenvalue weighted by Gasteiger charge is -2.11. The maximum Gasteiger partial charge on any atom is 0.166 e. The van der Waals surface area contributed by atoms with E-state index in [0.717, 1.165) is 11.1 Å². The van der Waals surface area contributed by atoms with Crippen molar-refractivity contribution in [1.82, 2.24) is 4.98 Å². The van der Waals surface area contributed by atoms with Gasteiger partial charge in [-0.15, -0.1) is 0 Å². The van der Waals surface area contributed by atoms with Crippen molar-refractivity contribution in [2.24, 2.45) is 0 Å². The van der Waals surface area contributed by atoms with Gasteiger partial charge in [-0.05, 0) is 33.1 Å². The number of methoxy groups -OCH3 is 1. The first-order valence-electron chi connectivity index (χ1n) is 5.81. The van der Waals surface area contributed by atoms with E-state index >= 15 is 0 Å². The average Bonchev–Trinajstić information content (AvgIpc) is 2.40. The Balaban J connectivity index is 2.10. The van der Waals surface area contributed by atoms with Crippen LogP contribution in [0, 0.1) is 5.82 Å². The van der Waals surface area contributed by atoms with Crippen LogP contribution in [0.25, 0.3) is 0 Å². The molecule has 0 fully saturated rings. The molecule has 0 aliphatic rings. The second-order valence-corrected chi connectivity index (χ2v) is 4.95. The van der Waals surface area contributed by atoms with E-state index in [9.17, 15) is 4.39 Å². The minimum atomic E-state index is -0.376. The fraction of sp³-hybridized carbons (Fsp3) is 0.214. The number of benzene rings is 1. The minimum Gasteiger partial charge on any atom is -0.380 e. The van der Waals surface area contributed by atoms with Gasteiger partial charge in [-0.2, -0.15) is 0 Å². The molecule has 0 amide bonds. The van der Waals surface area contributed by atoms with Gasteiger partial charge in [0, 0.05) is 24.3 Å². The van der Waals surface area contributed by atoms with Crippen molar-refractivity contribution < 1.29 is 9.13 Å². The van der Waals surface area contributed by atoms with Crippen molar-refractivity contribution >= 4 is 21.7 Å². The Morgan fingerprint density at radius 1 is 1.32 bits per heavy atom. The van der Waals surface area contributed by atoms with Gasteiger partial charge in [0.2, 0.25) is 0 Å². The number of aromatic nitrogens is 1. The van der Waals surface area contributed by atoms with Crippen LogP contribution in [0.2, 0.25) is 0 Å². The number of hydrogen-bond donors (Lipinski definition) is 1. The van der Waals surface area contributed by atoms with Crippen molar-refractivity contribution in [1.29, 1.82) is 0 Å². The highest BCUT2D eigenvalue weighted by atomic mass is 79.9. The lowest BCUT2D eigenvalue weighted by atomic mass is 10.1. The summed E-state index contributed by atoms with van der Waals surface area (Å²) in [5.74, 6) is -0.131. The Hall–Kier alpha value is -1.46. The number of anilines is 1. The van der Waals surface area contributed by atoms with Gasteiger partial charge in [0.15, 0.2) is 11.6 Å². The third-order valence-electron chi connectivity index (χ3n) is 2.67. The van der Waals surface area contributed by atoms with Gasteiger partial charge in [0.25, 0.3) is 0 Å². The van der Waals surface area contributed by atoms with E-state index in [4.69, 9.17) is 4.74 Å². The van der Waals surface area contributed by atoms with E-state index in [1.165, 1.54) is 6.07 Å². The van der Waals surface area contributed by atoms with Crippen LogP contribution in [0.1, 0.15) is 11.1 Å². The molecular weight excluding hydrogens is 311 g/mol. The molecule has 3 nitrogen and oxygen atoms in total. The molecule has 2 aromatic rings. The number of halogens is 2. The van der Waals surface area contributed by atoms with Crippen LogP contribution in [0.15, 0.2) is 41.0 Å². The summed E-state index contributed by atoms with van der Waals surface area (Å²) in [6.45, 7) is 1.04. The Morgan fingerprint density at radius 2 is 2.05 bits per heavy atom. The summed E-state index contributed by atoms with van der Waals surface area (Å²) in [7, 11) is 1.65. The summed E-state index contributed by atoms with van der Waals surface area (Å²) in [6, 6.07) is 9.26. The number of ether oxygens (including phenoxy) is 1. The zero-order valence-corrected chi connectivity index (χ0v) is 12.1. The number of pyridine rings is 1. The summed E-state index contributed by atoms with van der Waals surface area (Å²) in [5.41, 5.74) is 2.14. The maximum atomic E-state index is 13.6. The fourth-order valence-electron chi connectivity index (χ4n) is 1.75. The van der Waals surface area contributed by atoms with E-state index in [1.807, 2.05) is 24.3 Å². The fourth-order valence-corrected chi connectivity index (χ4v) is 2.05. The molecule has 0 aliphatic heterocycles. The van der Waals surface area contributed by atoms with Crippen LogP contribution < -0.4 is 5.32 Å². The lowest BCUT2D eigenvalue weighted by Crippen LogP contribution is -2.06. The average molecular weight is 325 g/mol. The van der Waals surface area contributed by atoms with Gasteiger partial charge in [-0.1, -0.05) is 24.3 Å². The number of nitrogens with one attached hydrogen (secondary N) is 1. The summed E-state index contributed by atoms with van der Waals surface area (Å²) >= 11 is 3.18. The highest BCUT2D eigenvalue weighted by Gasteiger charge is 2.06. The lowest BCUT2D eigenvalue weighted by molar-refractivity contribution is 0.184. The molecule has 0 radical (unpaired) electrons. The molecule has 0 bridgehead atoms. The van der Waals surface area contributed by atoms with Gasteiger partial charge >= 0.3 is 0 Å². The van der Waals surface area contributed by atoms with Gasteiger partial charge in [0.1, 0.15) is 0 Å². The minimum absolute atomic E-state index is 0.246. The molecule has 0 spiro atoms. The first-order chi connectivity index (χ1) is 9.20. The molecule has 0 saturated heterocycles. The maximum absolute atomic E-state index is 13.6. The summed E-state index contributed by atoms with van der Waals surface area (Å²) in [6.07, 6.45) is 1.56. The zero-order chi connectivity index (χ0) is 13.7. The molecule has 1 heterocycles. The highest BCUT2D eigenvalue weighted by molar-refractivity contribution is 9.10. The number of nitrogens with zero attached hydrogens (tertiary/aromatic N) is 1. The third kappa shape index (κ3) is 3.75. The van der Waals surface area contributed by atoms with Crippen molar-refractivity contribution in [3.8, 4) is 0 Å². The molecule has 1 aromatic carbocycles. The van der Waals surface area contributed by atoms with Crippen LogP contribution in [0.5, 0.6) is 0 Å². The zero-order valence-electron chi connectivity index (χ0n) is 10.5. The Morgan fingerprint density at radius 3 is 2.74 bits per heavy atom. The van der Waals surface area contributed by atoms with Crippen LogP contribution >= 0.6 is 15.9 Å². The van der Waals surface area contributed by atoms with Crippen molar-refractivity contribution in [2.45, 2.75) is 13.2 Å². The molecule has 100 valence electrons.